The summed E-state index contributed by atoms with van der Waals surface area (Å²) in [6.45, 7) is 0. The Morgan fingerprint density at radius 2 is 1.29 bits per heavy atom. The average Bonchev–Trinajstić information content (AvgIpc) is 3.20. The number of nitrogens with zero attached hydrogens (tertiary/aromatic N) is 2. The average molecular weight is 413 g/mol. The van der Waals surface area contributed by atoms with Gasteiger partial charge in [-0.15, -0.1) is 11.3 Å². The SMILES string of the molecule is N#Cc1ccc(-c2ccc(-c3ccc4nc5c(cc4c3)sc3ccccc35)cc2)cc1. The molecule has 0 aliphatic carbocycles. The van der Waals surface area contributed by atoms with Gasteiger partial charge in [0.05, 0.1) is 27.4 Å². The number of hydrogen-bond acceptors (Lipinski definition) is 3. The summed E-state index contributed by atoms with van der Waals surface area (Å²) in [5, 5.41) is 11.4. The van der Waals surface area contributed by atoms with Crippen LogP contribution in [0.4, 0.5) is 0 Å². The Morgan fingerprint density at radius 3 is 2.03 bits per heavy atom. The second kappa shape index (κ2) is 7.05. The minimum Gasteiger partial charge on any atom is -0.246 e. The van der Waals surface area contributed by atoms with E-state index in [0.29, 0.717) is 5.56 Å². The van der Waals surface area contributed by atoms with Crippen LogP contribution in [0.15, 0.2) is 97.1 Å². The fourth-order valence-electron chi connectivity index (χ4n) is 4.07. The van der Waals surface area contributed by atoms with Crippen molar-refractivity contribution in [2.75, 3.05) is 0 Å². The summed E-state index contributed by atoms with van der Waals surface area (Å²) < 4.78 is 2.50. The topological polar surface area (TPSA) is 36.7 Å². The minimum absolute atomic E-state index is 0.679. The molecule has 0 bridgehead atoms. The van der Waals surface area contributed by atoms with Crippen LogP contribution in [0, 0.1) is 11.3 Å². The smallest absolute Gasteiger partial charge is 0.0991 e. The highest BCUT2D eigenvalue weighted by molar-refractivity contribution is 7.25. The van der Waals surface area contributed by atoms with Crippen molar-refractivity contribution in [1.82, 2.24) is 4.98 Å². The zero-order valence-corrected chi connectivity index (χ0v) is 17.4. The molecule has 0 radical (unpaired) electrons. The van der Waals surface area contributed by atoms with Crippen molar-refractivity contribution >= 4 is 42.5 Å². The van der Waals surface area contributed by atoms with Gasteiger partial charge in [-0.1, -0.05) is 60.7 Å². The normalized spacial score (nSPS) is 11.2. The van der Waals surface area contributed by atoms with Gasteiger partial charge in [0.15, 0.2) is 0 Å². The minimum atomic E-state index is 0.679. The molecule has 6 aromatic rings. The lowest BCUT2D eigenvalue weighted by atomic mass is 9.99. The van der Waals surface area contributed by atoms with Crippen molar-refractivity contribution in [2.45, 2.75) is 0 Å². The van der Waals surface area contributed by atoms with Crippen LogP contribution in [-0.4, -0.2) is 4.98 Å². The zero-order chi connectivity index (χ0) is 20.8. The summed E-state index contributed by atoms with van der Waals surface area (Å²) >= 11 is 1.80. The number of thiophene rings is 1. The molecule has 4 aromatic carbocycles. The number of aromatic nitrogens is 1. The van der Waals surface area contributed by atoms with Crippen LogP contribution in [0.5, 0.6) is 0 Å². The number of pyridine rings is 1. The molecule has 0 atom stereocenters. The van der Waals surface area contributed by atoms with Gasteiger partial charge in [0, 0.05) is 15.5 Å². The van der Waals surface area contributed by atoms with E-state index in [2.05, 4.69) is 78.9 Å². The summed E-state index contributed by atoms with van der Waals surface area (Å²) in [4.78, 5) is 4.96. The number of fused-ring (bicyclic) bond motifs is 4. The zero-order valence-electron chi connectivity index (χ0n) is 16.5. The van der Waals surface area contributed by atoms with E-state index in [0.717, 1.165) is 27.5 Å². The highest BCUT2D eigenvalue weighted by Crippen LogP contribution is 2.35. The first-order valence-corrected chi connectivity index (χ1v) is 10.9. The number of rotatable bonds is 2. The van der Waals surface area contributed by atoms with E-state index in [4.69, 9.17) is 10.2 Å². The standard InChI is InChI=1S/C28H16N2S/c29-17-18-5-7-19(8-6-18)20-9-11-21(12-10-20)22-13-14-25-23(15-22)16-27-28(30-25)24-3-1-2-4-26(24)31-27/h1-16H. The third kappa shape index (κ3) is 3.06. The Morgan fingerprint density at radius 1 is 0.645 bits per heavy atom. The quantitative estimate of drug-likeness (QED) is 0.291. The first kappa shape index (κ1) is 17.8. The van der Waals surface area contributed by atoms with Crippen LogP contribution < -0.4 is 0 Å². The van der Waals surface area contributed by atoms with E-state index in [1.807, 2.05) is 24.3 Å². The molecule has 2 heterocycles. The van der Waals surface area contributed by atoms with Gasteiger partial charge in [-0.3, -0.25) is 0 Å². The maximum absolute atomic E-state index is 8.98. The van der Waals surface area contributed by atoms with Gasteiger partial charge in [0.2, 0.25) is 0 Å². The molecule has 0 amide bonds. The molecule has 144 valence electrons. The van der Waals surface area contributed by atoms with Crippen LogP contribution >= 0.6 is 11.3 Å². The molecule has 0 unspecified atom stereocenters. The van der Waals surface area contributed by atoms with E-state index in [1.165, 1.54) is 25.9 Å². The predicted octanol–water partition coefficient (Wildman–Crippen LogP) is 7.81. The molecule has 0 N–H and O–H groups in total. The van der Waals surface area contributed by atoms with Gasteiger partial charge in [-0.05, 0) is 58.7 Å². The lowest BCUT2D eigenvalue weighted by Gasteiger charge is -2.07. The van der Waals surface area contributed by atoms with Gasteiger partial charge in [-0.2, -0.15) is 5.26 Å². The summed E-state index contributed by atoms with van der Waals surface area (Å²) in [5.74, 6) is 0. The monoisotopic (exact) mass is 412 g/mol. The molecule has 6 rings (SSSR count). The maximum Gasteiger partial charge on any atom is 0.0991 e. The molecule has 0 saturated heterocycles. The molecule has 0 saturated carbocycles. The largest absolute Gasteiger partial charge is 0.246 e. The van der Waals surface area contributed by atoms with Gasteiger partial charge >= 0.3 is 0 Å². The van der Waals surface area contributed by atoms with Crippen molar-refractivity contribution in [3.63, 3.8) is 0 Å². The molecule has 0 aliphatic heterocycles. The molecule has 0 spiro atoms. The summed E-state index contributed by atoms with van der Waals surface area (Å²) in [6, 6.07) is 35.6. The van der Waals surface area contributed by atoms with Crippen molar-refractivity contribution in [2.24, 2.45) is 0 Å². The van der Waals surface area contributed by atoms with E-state index >= 15 is 0 Å². The molecule has 31 heavy (non-hydrogen) atoms. The van der Waals surface area contributed by atoms with Crippen molar-refractivity contribution in [3.05, 3.63) is 103 Å². The van der Waals surface area contributed by atoms with Gasteiger partial charge in [0.25, 0.3) is 0 Å². The first-order chi connectivity index (χ1) is 15.3. The second-order valence-electron chi connectivity index (χ2n) is 7.61. The fourth-order valence-corrected chi connectivity index (χ4v) is 5.17. The maximum atomic E-state index is 8.98. The van der Waals surface area contributed by atoms with E-state index in [1.54, 1.807) is 11.3 Å². The van der Waals surface area contributed by atoms with Crippen molar-refractivity contribution < 1.29 is 0 Å². The van der Waals surface area contributed by atoms with Crippen molar-refractivity contribution in [3.8, 4) is 28.3 Å². The molecule has 0 fully saturated rings. The lowest BCUT2D eigenvalue weighted by molar-refractivity contribution is 1.48. The third-order valence-electron chi connectivity index (χ3n) is 5.71. The molecular formula is C28H16N2S. The fraction of sp³-hybridized carbons (Fsp3) is 0. The van der Waals surface area contributed by atoms with Crippen molar-refractivity contribution in [1.29, 1.82) is 5.26 Å². The Labute approximate surface area is 183 Å². The molecular weight excluding hydrogens is 396 g/mol. The Balaban J connectivity index is 1.40. The molecule has 2 aromatic heterocycles. The third-order valence-corrected chi connectivity index (χ3v) is 6.81. The van der Waals surface area contributed by atoms with E-state index in [9.17, 15) is 0 Å². The molecule has 3 heteroatoms. The van der Waals surface area contributed by atoms with Crippen LogP contribution in [-0.2, 0) is 0 Å². The molecule has 2 nitrogen and oxygen atoms in total. The van der Waals surface area contributed by atoms with E-state index in [-0.39, 0.29) is 0 Å². The Kier molecular flexibility index (Phi) is 4.06. The van der Waals surface area contributed by atoms with Crippen LogP contribution in [0.2, 0.25) is 0 Å². The number of benzene rings is 4. The van der Waals surface area contributed by atoms with Crippen LogP contribution in [0.1, 0.15) is 5.56 Å². The van der Waals surface area contributed by atoms with Crippen LogP contribution in [0.3, 0.4) is 0 Å². The van der Waals surface area contributed by atoms with Gasteiger partial charge < -0.3 is 0 Å². The Bertz CT molecular complexity index is 1620. The summed E-state index contributed by atoms with van der Waals surface area (Å²) in [7, 11) is 0. The van der Waals surface area contributed by atoms with Crippen LogP contribution in [0.25, 0.3) is 53.5 Å². The van der Waals surface area contributed by atoms with Gasteiger partial charge in [-0.25, -0.2) is 4.98 Å². The molecule has 0 aliphatic rings. The highest BCUT2D eigenvalue weighted by atomic mass is 32.1. The summed E-state index contributed by atoms with van der Waals surface area (Å²) in [5.41, 5.74) is 7.40. The predicted molar refractivity (Wildman–Crippen MR) is 130 cm³/mol. The van der Waals surface area contributed by atoms with E-state index < -0.39 is 0 Å². The second-order valence-corrected chi connectivity index (χ2v) is 8.69. The first-order valence-electron chi connectivity index (χ1n) is 10.1. The number of hydrogen-bond donors (Lipinski definition) is 0. The van der Waals surface area contributed by atoms with Gasteiger partial charge in [0.1, 0.15) is 0 Å². The lowest BCUT2D eigenvalue weighted by Crippen LogP contribution is -1.84. The summed E-state index contributed by atoms with van der Waals surface area (Å²) in [6.07, 6.45) is 0. The Hall–Kier alpha value is -4.00. The highest BCUT2D eigenvalue weighted by Gasteiger charge is 2.09. The number of nitriles is 1.